The minimum Gasteiger partial charge on any atom is -0.476 e. The van der Waals surface area contributed by atoms with Gasteiger partial charge in [0.1, 0.15) is 6.61 Å². The van der Waals surface area contributed by atoms with Gasteiger partial charge in [-0.15, -0.1) is 11.3 Å². The highest BCUT2D eigenvalue weighted by molar-refractivity contribution is 7.17. The van der Waals surface area contributed by atoms with Gasteiger partial charge in [-0.05, 0) is 43.2 Å². The van der Waals surface area contributed by atoms with E-state index in [0.29, 0.717) is 12.5 Å². The van der Waals surface area contributed by atoms with Crippen LogP contribution in [0.4, 0.5) is 5.69 Å². The fourth-order valence-corrected chi connectivity index (χ4v) is 3.02. The van der Waals surface area contributed by atoms with Gasteiger partial charge in [-0.25, -0.2) is 4.98 Å². The molecule has 0 aromatic carbocycles. The van der Waals surface area contributed by atoms with E-state index in [4.69, 9.17) is 4.74 Å². The monoisotopic (exact) mass is 328 g/mol. The van der Waals surface area contributed by atoms with Crippen molar-refractivity contribution < 1.29 is 4.74 Å². The Morgan fingerprint density at radius 1 is 1.17 bits per heavy atom. The molecule has 3 aromatic rings. The predicted octanol–water partition coefficient (Wildman–Crippen LogP) is 3.24. The van der Waals surface area contributed by atoms with Gasteiger partial charge < -0.3 is 15.0 Å². The Morgan fingerprint density at radius 3 is 2.91 bits per heavy atom. The first-order chi connectivity index (χ1) is 11.2. The van der Waals surface area contributed by atoms with Crippen molar-refractivity contribution in [3.8, 4) is 5.88 Å². The molecule has 1 N–H and O–H groups in total. The topological polar surface area (TPSA) is 50.3 Å². The van der Waals surface area contributed by atoms with Gasteiger partial charge in [-0.1, -0.05) is 0 Å². The standard InChI is InChI=1S/C17H20N4OS/c1-21(2)8-9-22-16-11-13(3-6-19-16)12-20-14-4-7-18-15-5-10-23-17(14)15/h3-7,10-11H,8-9,12H2,1-2H3,(H,18,20). The largest absolute Gasteiger partial charge is 0.476 e. The first-order valence-corrected chi connectivity index (χ1v) is 8.39. The van der Waals surface area contributed by atoms with Gasteiger partial charge in [0.05, 0.1) is 15.9 Å². The van der Waals surface area contributed by atoms with Crippen LogP contribution in [0.5, 0.6) is 5.88 Å². The molecule has 6 heteroatoms. The van der Waals surface area contributed by atoms with E-state index in [9.17, 15) is 0 Å². The van der Waals surface area contributed by atoms with Crippen molar-refractivity contribution in [2.45, 2.75) is 6.54 Å². The molecule has 0 radical (unpaired) electrons. The van der Waals surface area contributed by atoms with Crippen molar-refractivity contribution in [2.75, 3.05) is 32.6 Å². The average molecular weight is 328 g/mol. The lowest BCUT2D eigenvalue weighted by atomic mass is 10.2. The van der Waals surface area contributed by atoms with Gasteiger partial charge in [0.15, 0.2) is 0 Å². The second kappa shape index (κ2) is 7.39. The molecule has 0 aliphatic heterocycles. The third-order valence-electron chi connectivity index (χ3n) is 3.41. The Bertz CT molecular complexity index is 772. The van der Waals surface area contributed by atoms with Crippen molar-refractivity contribution >= 4 is 27.2 Å². The number of nitrogens with one attached hydrogen (secondary N) is 1. The predicted molar refractivity (Wildman–Crippen MR) is 95.2 cm³/mol. The van der Waals surface area contributed by atoms with Crippen LogP contribution in [0.3, 0.4) is 0 Å². The number of hydrogen-bond acceptors (Lipinski definition) is 6. The summed E-state index contributed by atoms with van der Waals surface area (Å²) in [6.07, 6.45) is 3.62. The van der Waals surface area contributed by atoms with Crippen LogP contribution in [0.1, 0.15) is 5.56 Å². The SMILES string of the molecule is CN(C)CCOc1cc(CNc2ccnc3ccsc23)ccn1. The summed E-state index contributed by atoms with van der Waals surface area (Å²) >= 11 is 1.70. The minimum absolute atomic E-state index is 0.636. The van der Waals surface area contributed by atoms with Gasteiger partial charge in [0.25, 0.3) is 0 Å². The zero-order valence-corrected chi connectivity index (χ0v) is 14.1. The van der Waals surface area contributed by atoms with Gasteiger partial charge >= 0.3 is 0 Å². The Morgan fingerprint density at radius 2 is 2.04 bits per heavy atom. The maximum atomic E-state index is 5.68. The van der Waals surface area contributed by atoms with Crippen molar-refractivity contribution in [3.05, 3.63) is 47.6 Å². The van der Waals surface area contributed by atoms with E-state index in [1.807, 2.05) is 44.6 Å². The number of thiophene rings is 1. The summed E-state index contributed by atoms with van der Waals surface area (Å²) in [5.74, 6) is 0.669. The summed E-state index contributed by atoms with van der Waals surface area (Å²) in [5.41, 5.74) is 3.28. The number of anilines is 1. The number of fused-ring (bicyclic) bond motifs is 1. The van der Waals surface area contributed by atoms with Crippen LogP contribution in [-0.2, 0) is 6.54 Å². The number of nitrogens with zero attached hydrogens (tertiary/aromatic N) is 3. The van der Waals surface area contributed by atoms with Crippen LogP contribution < -0.4 is 10.1 Å². The fraction of sp³-hybridized carbons (Fsp3) is 0.294. The number of aromatic nitrogens is 2. The lowest BCUT2D eigenvalue weighted by Crippen LogP contribution is -2.19. The van der Waals surface area contributed by atoms with Crippen LogP contribution in [0.2, 0.25) is 0 Å². The second-order valence-electron chi connectivity index (χ2n) is 5.50. The molecule has 0 fully saturated rings. The molecule has 3 aromatic heterocycles. The van der Waals surface area contributed by atoms with Crippen LogP contribution in [0, 0.1) is 0 Å². The summed E-state index contributed by atoms with van der Waals surface area (Å²) in [5, 5.41) is 5.53. The molecule has 3 rings (SSSR count). The maximum absolute atomic E-state index is 5.68. The fourth-order valence-electron chi connectivity index (χ4n) is 2.18. The third-order valence-corrected chi connectivity index (χ3v) is 4.35. The van der Waals surface area contributed by atoms with E-state index in [1.54, 1.807) is 17.5 Å². The van der Waals surface area contributed by atoms with Crippen LogP contribution >= 0.6 is 11.3 Å². The average Bonchev–Trinajstić information content (AvgIpc) is 3.02. The van der Waals surface area contributed by atoms with E-state index in [0.717, 1.165) is 29.9 Å². The summed E-state index contributed by atoms with van der Waals surface area (Å²) in [6.45, 7) is 2.23. The molecular formula is C17H20N4OS. The normalized spacial score (nSPS) is 11.1. The zero-order valence-electron chi connectivity index (χ0n) is 13.3. The summed E-state index contributed by atoms with van der Waals surface area (Å²) in [7, 11) is 4.05. The van der Waals surface area contributed by atoms with Gasteiger partial charge in [0.2, 0.25) is 5.88 Å². The number of ether oxygens (including phenoxy) is 1. The van der Waals surface area contributed by atoms with E-state index in [-0.39, 0.29) is 0 Å². The highest BCUT2D eigenvalue weighted by Crippen LogP contribution is 2.27. The van der Waals surface area contributed by atoms with Crippen LogP contribution in [0.25, 0.3) is 10.2 Å². The molecule has 0 saturated heterocycles. The van der Waals surface area contributed by atoms with Crippen LogP contribution in [-0.4, -0.2) is 42.1 Å². The summed E-state index contributed by atoms with van der Waals surface area (Å²) in [6, 6.07) is 8.02. The lowest BCUT2D eigenvalue weighted by Gasteiger charge is -2.11. The highest BCUT2D eigenvalue weighted by atomic mass is 32.1. The Balaban J connectivity index is 1.63. The van der Waals surface area contributed by atoms with Crippen molar-refractivity contribution in [2.24, 2.45) is 0 Å². The number of rotatable bonds is 7. The number of likely N-dealkylation sites (N-methyl/N-ethyl adjacent to an activating group) is 1. The van der Waals surface area contributed by atoms with Crippen molar-refractivity contribution in [3.63, 3.8) is 0 Å². The third kappa shape index (κ3) is 4.18. The lowest BCUT2D eigenvalue weighted by molar-refractivity contribution is 0.253. The van der Waals surface area contributed by atoms with E-state index in [1.165, 1.54) is 4.70 Å². The van der Waals surface area contributed by atoms with Crippen LogP contribution in [0.15, 0.2) is 42.0 Å². The molecule has 0 bridgehead atoms. The maximum Gasteiger partial charge on any atom is 0.213 e. The Hall–Kier alpha value is -2.18. The number of pyridine rings is 2. The first kappa shape index (κ1) is 15.7. The Kier molecular flexibility index (Phi) is 5.05. The molecule has 0 amide bonds. The van der Waals surface area contributed by atoms with Crippen molar-refractivity contribution in [1.82, 2.24) is 14.9 Å². The Labute approximate surface area is 139 Å². The zero-order chi connectivity index (χ0) is 16.1. The molecule has 0 atom stereocenters. The molecule has 0 saturated carbocycles. The van der Waals surface area contributed by atoms with Gasteiger partial charge in [-0.3, -0.25) is 4.98 Å². The molecule has 3 heterocycles. The molecule has 0 spiro atoms. The highest BCUT2D eigenvalue weighted by Gasteiger charge is 2.04. The molecule has 5 nitrogen and oxygen atoms in total. The molecular weight excluding hydrogens is 308 g/mol. The molecule has 23 heavy (non-hydrogen) atoms. The van der Waals surface area contributed by atoms with Crippen molar-refractivity contribution in [1.29, 1.82) is 0 Å². The quantitative estimate of drug-likeness (QED) is 0.721. The van der Waals surface area contributed by atoms with E-state index >= 15 is 0 Å². The minimum atomic E-state index is 0.636. The van der Waals surface area contributed by atoms with E-state index < -0.39 is 0 Å². The smallest absolute Gasteiger partial charge is 0.213 e. The molecule has 120 valence electrons. The van der Waals surface area contributed by atoms with Gasteiger partial charge in [-0.2, -0.15) is 0 Å². The molecule has 0 aliphatic rings. The first-order valence-electron chi connectivity index (χ1n) is 7.51. The number of hydrogen-bond donors (Lipinski definition) is 1. The summed E-state index contributed by atoms with van der Waals surface area (Å²) in [4.78, 5) is 10.7. The summed E-state index contributed by atoms with van der Waals surface area (Å²) < 4.78 is 6.86. The molecule has 0 aliphatic carbocycles. The van der Waals surface area contributed by atoms with E-state index in [2.05, 4.69) is 25.6 Å². The van der Waals surface area contributed by atoms with Gasteiger partial charge in [0, 0.05) is 31.5 Å². The molecule has 0 unspecified atom stereocenters. The second-order valence-corrected chi connectivity index (χ2v) is 6.42.